The molecule has 0 radical (unpaired) electrons. The Bertz CT molecular complexity index is 1090. The van der Waals surface area contributed by atoms with Crippen molar-refractivity contribution < 1.29 is 8.42 Å². The molecule has 4 nitrogen and oxygen atoms in total. The molecule has 0 amide bonds. The van der Waals surface area contributed by atoms with Gasteiger partial charge in [-0.2, -0.15) is 4.31 Å². The van der Waals surface area contributed by atoms with Crippen LogP contribution in [-0.4, -0.2) is 30.8 Å². The Morgan fingerprint density at radius 1 is 0.926 bits per heavy atom. The number of hydrogen-bond acceptors (Lipinski definition) is 2. The zero-order chi connectivity index (χ0) is 19.2. The van der Waals surface area contributed by atoms with Crippen LogP contribution in [0.4, 0.5) is 0 Å². The Labute approximate surface area is 161 Å². The molecule has 1 aliphatic rings. The lowest BCUT2D eigenvalue weighted by Gasteiger charge is -2.31. The van der Waals surface area contributed by atoms with E-state index in [1.54, 1.807) is 10.4 Å². The molecule has 0 saturated carbocycles. The van der Waals surface area contributed by atoms with Gasteiger partial charge in [-0.15, -0.1) is 0 Å². The van der Waals surface area contributed by atoms with Crippen molar-refractivity contribution in [1.82, 2.24) is 9.29 Å². The van der Waals surface area contributed by atoms with Gasteiger partial charge in [-0.25, -0.2) is 8.42 Å². The predicted molar refractivity (Wildman–Crippen MR) is 110 cm³/mol. The maximum absolute atomic E-state index is 13.1. The molecule has 0 unspecified atom stereocenters. The molecule has 2 heterocycles. The maximum Gasteiger partial charge on any atom is 0.243 e. The number of nitrogens with one attached hydrogen (secondary N) is 1. The smallest absolute Gasteiger partial charge is 0.243 e. The minimum atomic E-state index is -3.43. The second-order valence-electron chi connectivity index (χ2n) is 7.76. The van der Waals surface area contributed by atoms with Crippen molar-refractivity contribution in [2.75, 3.05) is 13.1 Å². The zero-order valence-corrected chi connectivity index (χ0v) is 16.9. The van der Waals surface area contributed by atoms with Gasteiger partial charge in [0.2, 0.25) is 10.0 Å². The highest BCUT2D eigenvalue weighted by Crippen LogP contribution is 2.33. The summed E-state index contributed by atoms with van der Waals surface area (Å²) < 4.78 is 27.9. The second kappa shape index (κ2) is 6.80. The molecule has 1 saturated heterocycles. The fraction of sp³-hybridized carbons (Fsp3) is 0.364. The van der Waals surface area contributed by atoms with Gasteiger partial charge in [-0.3, -0.25) is 0 Å². The van der Waals surface area contributed by atoms with E-state index in [2.05, 4.69) is 36.2 Å². The first-order valence-corrected chi connectivity index (χ1v) is 11.0. The van der Waals surface area contributed by atoms with Gasteiger partial charge in [0, 0.05) is 30.2 Å². The number of aromatic amines is 1. The monoisotopic (exact) mass is 382 g/mol. The molecule has 5 heteroatoms. The van der Waals surface area contributed by atoms with Crippen molar-refractivity contribution in [3.8, 4) is 0 Å². The van der Waals surface area contributed by atoms with Crippen molar-refractivity contribution in [2.45, 2.75) is 44.4 Å². The molecule has 2 aromatic carbocycles. The van der Waals surface area contributed by atoms with Crippen molar-refractivity contribution >= 4 is 20.9 Å². The van der Waals surface area contributed by atoms with Crippen LogP contribution in [0.25, 0.3) is 10.9 Å². The van der Waals surface area contributed by atoms with E-state index in [-0.39, 0.29) is 0 Å². The highest BCUT2D eigenvalue weighted by molar-refractivity contribution is 7.89. The Morgan fingerprint density at radius 2 is 1.59 bits per heavy atom. The highest BCUT2D eigenvalue weighted by atomic mass is 32.2. The van der Waals surface area contributed by atoms with E-state index >= 15 is 0 Å². The summed E-state index contributed by atoms with van der Waals surface area (Å²) in [5, 5.41) is 1.23. The Morgan fingerprint density at radius 3 is 2.33 bits per heavy atom. The van der Waals surface area contributed by atoms with Crippen LogP contribution in [0, 0.1) is 20.8 Å². The first kappa shape index (κ1) is 18.3. The fourth-order valence-electron chi connectivity index (χ4n) is 4.03. The normalized spacial score (nSPS) is 16.9. The molecule has 27 heavy (non-hydrogen) atoms. The molecule has 3 aromatic rings. The molecule has 0 bridgehead atoms. The number of piperidine rings is 1. The molecule has 1 fully saturated rings. The van der Waals surface area contributed by atoms with Gasteiger partial charge in [-0.1, -0.05) is 23.8 Å². The molecular formula is C22H26N2O2S. The van der Waals surface area contributed by atoms with E-state index in [4.69, 9.17) is 0 Å². The van der Waals surface area contributed by atoms with Crippen molar-refractivity contribution in [3.05, 3.63) is 64.8 Å². The lowest BCUT2D eigenvalue weighted by Crippen LogP contribution is -2.38. The number of aromatic nitrogens is 1. The van der Waals surface area contributed by atoms with Crippen LogP contribution in [0.1, 0.15) is 41.1 Å². The van der Waals surface area contributed by atoms with E-state index in [1.807, 2.05) is 26.0 Å². The number of fused-ring (bicyclic) bond motifs is 1. The van der Waals surface area contributed by atoms with Crippen LogP contribution >= 0.6 is 0 Å². The maximum atomic E-state index is 13.1. The van der Waals surface area contributed by atoms with Crippen molar-refractivity contribution in [3.63, 3.8) is 0 Å². The molecule has 142 valence electrons. The summed E-state index contributed by atoms with van der Waals surface area (Å²) >= 11 is 0. The molecular weight excluding hydrogens is 356 g/mol. The van der Waals surface area contributed by atoms with Crippen LogP contribution < -0.4 is 0 Å². The molecule has 1 N–H and O–H groups in total. The van der Waals surface area contributed by atoms with Gasteiger partial charge in [0.15, 0.2) is 0 Å². The summed E-state index contributed by atoms with van der Waals surface area (Å²) in [7, 11) is -3.43. The number of hydrogen-bond donors (Lipinski definition) is 1. The first-order valence-electron chi connectivity index (χ1n) is 9.51. The van der Waals surface area contributed by atoms with E-state index in [9.17, 15) is 8.42 Å². The molecule has 1 aliphatic heterocycles. The minimum Gasteiger partial charge on any atom is -0.358 e. The summed E-state index contributed by atoms with van der Waals surface area (Å²) in [6.07, 6.45) is 1.69. The SMILES string of the molecule is Cc1ccc(C)c(S(=O)(=O)N2CCC(c3cc4cc(C)ccc4[nH]3)CC2)c1. The number of H-pyrrole nitrogens is 1. The third kappa shape index (κ3) is 3.42. The third-order valence-electron chi connectivity index (χ3n) is 5.65. The third-order valence-corrected chi connectivity index (χ3v) is 7.69. The van der Waals surface area contributed by atoms with Gasteiger partial charge < -0.3 is 4.98 Å². The standard InChI is InChI=1S/C22H26N2O2S/c1-15-5-7-20-19(12-15)14-21(23-20)18-8-10-24(11-9-18)27(25,26)22-13-16(2)4-6-17(22)3/h4-7,12-14,18,23H,8-11H2,1-3H3. The lowest BCUT2D eigenvalue weighted by molar-refractivity contribution is 0.317. The van der Waals surface area contributed by atoms with E-state index < -0.39 is 10.0 Å². The van der Waals surface area contributed by atoms with Gasteiger partial charge in [-0.05, 0) is 74.4 Å². The van der Waals surface area contributed by atoms with Crippen LogP contribution in [0.5, 0.6) is 0 Å². The van der Waals surface area contributed by atoms with Gasteiger partial charge in [0.05, 0.1) is 4.90 Å². The summed E-state index contributed by atoms with van der Waals surface area (Å²) in [6.45, 7) is 7.03. The Hall–Kier alpha value is -2.11. The fourth-order valence-corrected chi connectivity index (χ4v) is 5.81. The number of aryl methyl sites for hydroxylation is 3. The lowest BCUT2D eigenvalue weighted by atomic mass is 9.95. The van der Waals surface area contributed by atoms with E-state index in [0.29, 0.717) is 23.9 Å². The summed E-state index contributed by atoms with van der Waals surface area (Å²) in [6, 6.07) is 14.3. The first-order chi connectivity index (χ1) is 12.8. The highest BCUT2D eigenvalue weighted by Gasteiger charge is 2.31. The van der Waals surface area contributed by atoms with Crippen LogP contribution in [0.2, 0.25) is 0 Å². The largest absolute Gasteiger partial charge is 0.358 e. The average Bonchev–Trinajstić information content (AvgIpc) is 3.07. The van der Waals surface area contributed by atoms with Crippen LogP contribution in [0.3, 0.4) is 0 Å². The Kier molecular flexibility index (Phi) is 4.60. The minimum absolute atomic E-state index is 0.378. The summed E-state index contributed by atoms with van der Waals surface area (Å²) in [4.78, 5) is 3.97. The predicted octanol–water partition coefficient (Wildman–Crippen LogP) is 4.66. The topological polar surface area (TPSA) is 53.2 Å². The second-order valence-corrected chi connectivity index (χ2v) is 9.67. The van der Waals surface area contributed by atoms with E-state index in [0.717, 1.165) is 29.5 Å². The van der Waals surface area contributed by atoms with Crippen LogP contribution in [-0.2, 0) is 10.0 Å². The zero-order valence-electron chi connectivity index (χ0n) is 16.1. The summed E-state index contributed by atoms with van der Waals surface area (Å²) in [5.74, 6) is 0.378. The average molecular weight is 383 g/mol. The van der Waals surface area contributed by atoms with Gasteiger partial charge >= 0.3 is 0 Å². The van der Waals surface area contributed by atoms with Gasteiger partial charge in [0.1, 0.15) is 0 Å². The van der Waals surface area contributed by atoms with E-state index in [1.165, 1.54) is 16.6 Å². The quantitative estimate of drug-likeness (QED) is 0.716. The van der Waals surface area contributed by atoms with Crippen molar-refractivity contribution in [1.29, 1.82) is 0 Å². The molecule has 0 aliphatic carbocycles. The summed E-state index contributed by atoms with van der Waals surface area (Å²) in [5.41, 5.74) is 5.42. The van der Waals surface area contributed by atoms with Crippen molar-refractivity contribution in [2.24, 2.45) is 0 Å². The number of sulfonamides is 1. The number of benzene rings is 2. The molecule has 4 rings (SSSR count). The molecule has 0 atom stereocenters. The number of nitrogens with zero attached hydrogens (tertiary/aromatic N) is 1. The molecule has 1 aromatic heterocycles. The van der Waals surface area contributed by atoms with Gasteiger partial charge in [0.25, 0.3) is 0 Å². The number of rotatable bonds is 3. The Balaban J connectivity index is 1.53. The molecule has 0 spiro atoms. The van der Waals surface area contributed by atoms with Crippen LogP contribution in [0.15, 0.2) is 47.4 Å².